The maximum Gasteiger partial charge on any atom is 0.416 e. The summed E-state index contributed by atoms with van der Waals surface area (Å²) in [5.41, 5.74) is 5.87. The Kier molecular flexibility index (Phi) is 4.28. The molecule has 1 heterocycles. The van der Waals surface area contributed by atoms with Gasteiger partial charge in [0.25, 0.3) is 0 Å². The number of anilines is 1. The maximum atomic E-state index is 12.9. The summed E-state index contributed by atoms with van der Waals surface area (Å²) >= 11 is 0. The normalized spacial score (nSPS) is 24.0. The first-order valence-electron chi connectivity index (χ1n) is 6.96. The van der Waals surface area contributed by atoms with E-state index in [-0.39, 0.29) is 12.1 Å². The first-order valence-corrected chi connectivity index (χ1v) is 6.96. The van der Waals surface area contributed by atoms with Crippen molar-refractivity contribution in [3.05, 3.63) is 29.3 Å². The molecule has 0 spiro atoms. The Bertz CT molecular complexity index is 461. The predicted octanol–water partition coefficient (Wildman–Crippen LogP) is 3.65. The van der Waals surface area contributed by atoms with Gasteiger partial charge in [0.1, 0.15) is 0 Å². The highest BCUT2D eigenvalue weighted by molar-refractivity contribution is 5.52. The maximum absolute atomic E-state index is 12.9. The van der Waals surface area contributed by atoms with Gasteiger partial charge in [-0.3, -0.25) is 0 Å². The van der Waals surface area contributed by atoms with Gasteiger partial charge in [-0.05, 0) is 42.0 Å². The van der Waals surface area contributed by atoms with Crippen LogP contribution in [0.15, 0.2) is 18.2 Å². The van der Waals surface area contributed by atoms with Gasteiger partial charge in [0.2, 0.25) is 0 Å². The molecule has 20 heavy (non-hydrogen) atoms. The van der Waals surface area contributed by atoms with Crippen molar-refractivity contribution in [1.29, 1.82) is 0 Å². The molecule has 1 saturated heterocycles. The van der Waals surface area contributed by atoms with Crippen LogP contribution in [0.1, 0.15) is 31.4 Å². The number of hydrogen-bond donors (Lipinski definition) is 1. The van der Waals surface area contributed by atoms with Crippen molar-refractivity contribution in [2.45, 2.75) is 33.0 Å². The Morgan fingerprint density at radius 2 is 1.80 bits per heavy atom. The van der Waals surface area contributed by atoms with Gasteiger partial charge in [0, 0.05) is 25.3 Å². The van der Waals surface area contributed by atoms with E-state index >= 15 is 0 Å². The topological polar surface area (TPSA) is 29.3 Å². The molecule has 1 aliphatic rings. The zero-order chi connectivity index (χ0) is 14.9. The Labute approximate surface area is 117 Å². The van der Waals surface area contributed by atoms with E-state index in [0.717, 1.165) is 24.8 Å². The number of nitrogens with zero attached hydrogens (tertiary/aromatic N) is 1. The van der Waals surface area contributed by atoms with Crippen LogP contribution in [0.2, 0.25) is 0 Å². The van der Waals surface area contributed by atoms with E-state index in [1.807, 2.05) is 0 Å². The summed E-state index contributed by atoms with van der Waals surface area (Å²) in [6.45, 7) is 6.04. The average Bonchev–Trinajstić information content (AvgIpc) is 2.35. The summed E-state index contributed by atoms with van der Waals surface area (Å²) in [5, 5.41) is 0. The fraction of sp³-hybridized carbons (Fsp3) is 0.600. The average molecular weight is 286 g/mol. The van der Waals surface area contributed by atoms with Crippen LogP contribution >= 0.6 is 0 Å². The second-order valence-electron chi connectivity index (χ2n) is 5.89. The number of nitrogens with two attached hydrogens (primary N) is 1. The molecule has 5 heteroatoms. The van der Waals surface area contributed by atoms with Gasteiger partial charge in [0.15, 0.2) is 0 Å². The van der Waals surface area contributed by atoms with Crippen LogP contribution in [0.25, 0.3) is 0 Å². The highest BCUT2D eigenvalue weighted by Gasteiger charge is 2.33. The number of rotatable bonds is 2. The smallest absolute Gasteiger partial charge is 0.371 e. The lowest BCUT2D eigenvalue weighted by atomic mass is 9.91. The third-order valence-electron chi connectivity index (χ3n) is 3.85. The van der Waals surface area contributed by atoms with E-state index < -0.39 is 11.7 Å². The molecule has 1 aromatic rings. The second kappa shape index (κ2) is 5.64. The van der Waals surface area contributed by atoms with Gasteiger partial charge >= 0.3 is 6.18 Å². The van der Waals surface area contributed by atoms with Crippen LogP contribution in [-0.2, 0) is 12.7 Å². The number of benzene rings is 1. The lowest BCUT2D eigenvalue weighted by molar-refractivity contribution is -0.138. The molecule has 2 rings (SSSR count). The minimum absolute atomic E-state index is 0.0956. The standard InChI is InChI=1S/C15H21F3N2/c1-10-5-11(2)9-20(8-10)13-3-4-14(15(16,17)18)12(6-13)7-19/h3-4,6,10-11H,5,7-9,19H2,1-2H3. The molecular formula is C15H21F3N2. The molecule has 112 valence electrons. The third-order valence-corrected chi connectivity index (χ3v) is 3.85. The van der Waals surface area contributed by atoms with E-state index in [9.17, 15) is 13.2 Å². The fourth-order valence-corrected chi connectivity index (χ4v) is 3.10. The van der Waals surface area contributed by atoms with Crippen LogP contribution in [0.3, 0.4) is 0 Å². The summed E-state index contributed by atoms with van der Waals surface area (Å²) in [7, 11) is 0. The quantitative estimate of drug-likeness (QED) is 0.899. The van der Waals surface area contributed by atoms with Crippen molar-refractivity contribution in [2.75, 3.05) is 18.0 Å². The number of piperidine rings is 1. The first kappa shape index (κ1) is 15.2. The molecule has 2 nitrogen and oxygen atoms in total. The SMILES string of the molecule is CC1CC(C)CN(c2ccc(C(F)(F)F)c(CN)c2)C1. The van der Waals surface area contributed by atoms with Gasteiger partial charge in [-0.2, -0.15) is 13.2 Å². The molecule has 0 amide bonds. The molecule has 2 N–H and O–H groups in total. The molecule has 2 unspecified atom stereocenters. The molecule has 1 fully saturated rings. The molecule has 0 radical (unpaired) electrons. The zero-order valence-corrected chi connectivity index (χ0v) is 11.9. The summed E-state index contributed by atoms with van der Waals surface area (Å²) in [6, 6.07) is 4.31. The highest BCUT2D eigenvalue weighted by Crippen LogP contribution is 2.35. The number of halogens is 3. The number of hydrogen-bond acceptors (Lipinski definition) is 2. The predicted molar refractivity (Wildman–Crippen MR) is 74.5 cm³/mol. The van der Waals surface area contributed by atoms with Crippen LogP contribution in [0.4, 0.5) is 18.9 Å². The zero-order valence-electron chi connectivity index (χ0n) is 11.9. The first-order chi connectivity index (χ1) is 9.31. The van der Waals surface area contributed by atoms with E-state index in [2.05, 4.69) is 18.7 Å². The monoisotopic (exact) mass is 286 g/mol. The summed E-state index contributed by atoms with van der Waals surface area (Å²) < 4.78 is 38.6. The summed E-state index contributed by atoms with van der Waals surface area (Å²) in [6.07, 6.45) is -3.17. The molecular weight excluding hydrogens is 265 g/mol. The van der Waals surface area contributed by atoms with Crippen molar-refractivity contribution in [3.63, 3.8) is 0 Å². The molecule has 0 bridgehead atoms. The van der Waals surface area contributed by atoms with Crippen LogP contribution < -0.4 is 10.6 Å². The molecule has 0 aromatic heterocycles. The largest absolute Gasteiger partial charge is 0.416 e. The Morgan fingerprint density at radius 1 is 1.20 bits per heavy atom. The van der Waals surface area contributed by atoms with Crippen LogP contribution in [0, 0.1) is 11.8 Å². The fourth-order valence-electron chi connectivity index (χ4n) is 3.10. The van der Waals surface area contributed by atoms with E-state index in [1.165, 1.54) is 6.42 Å². The van der Waals surface area contributed by atoms with Crippen LogP contribution in [-0.4, -0.2) is 13.1 Å². The minimum Gasteiger partial charge on any atom is -0.371 e. The van der Waals surface area contributed by atoms with E-state index in [0.29, 0.717) is 11.8 Å². The van der Waals surface area contributed by atoms with Crippen LogP contribution in [0.5, 0.6) is 0 Å². The molecule has 0 aliphatic carbocycles. The Balaban J connectivity index is 2.30. The molecule has 1 aromatic carbocycles. The van der Waals surface area contributed by atoms with Crippen molar-refractivity contribution in [1.82, 2.24) is 0 Å². The third kappa shape index (κ3) is 3.26. The molecule has 2 atom stereocenters. The molecule has 1 aliphatic heterocycles. The van der Waals surface area contributed by atoms with Gasteiger partial charge in [-0.25, -0.2) is 0 Å². The van der Waals surface area contributed by atoms with Gasteiger partial charge < -0.3 is 10.6 Å². The van der Waals surface area contributed by atoms with Gasteiger partial charge in [-0.1, -0.05) is 13.8 Å². The van der Waals surface area contributed by atoms with E-state index in [1.54, 1.807) is 12.1 Å². The minimum atomic E-state index is -4.34. The summed E-state index contributed by atoms with van der Waals surface area (Å²) in [4.78, 5) is 2.16. The van der Waals surface area contributed by atoms with Gasteiger partial charge in [-0.15, -0.1) is 0 Å². The van der Waals surface area contributed by atoms with Crippen molar-refractivity contribution < 1.29 is 13.2 Å². The highest BCUT2D eigenvalue weighted by atomic mass is 19.4. The Morgan fingerprint density at radius 3 is 2.30 bits per heavy atom. The molecule has 0 saturated carbocycles. The van der Waals surface area contributed by atoms with E-state index in [4.69, 9.17) is 5.73 Å². The lowest BCUT2D eigenvalue weighted by Crippen LogP contribution is -2.38. The lowest BCUT2D eigenvalue weighted by Gasteiger charge is -2.37. The summed E-state index contributed by atoms with van der Waals surface area (Å²) in [5.74, 6) is 1.12. The van der Waals surface area contributed by atoms with Crippen molar-refractivity contribution >= 4 is 5.69 Å². The van der Waals surface area contributed by atoms with Crippen molar-refractivity contribution in [2.24, 2.45) is 17.6 Å². The Hall–Kier alpha value is -1.23. The number of alkyl halides is 3. The van der Waals surface area contributed by atoms with Gasteiger partial charge in [0.05, 0.1) is 5.56 Å². The van der Waals surface area contributed by atoms with Crippen molar-refractivity contribution in [3.8, 4) is 0 Å². The second-order valence-corrected chi connectivity index (χ2v) is 5.89.